The molecule has 0 bridgehead atoms. The summed E-state index contributed by atoms with van der Waals surface area (Å²) in [6.07, 6.45) is 0.154. The normalized spacial score (nSPS) is 20.8. The van der Waals surface area contributed by atoms with Gasteiger partial charge in [-0.3, -0.25) is 0 Å². The van der Waals surface area contributed by atoms with Crippen LogP contribution in [0.2, 0.25) is 0 Å². The first-order valence-corrected chi connectivity index (χ1v) is 8.11. The van der Waals surface area contributed by atoms with E-state index in [2.05, 4.69) is 25.9 Å². The SMILES string of the molecule is C[C@@H]1CN(c2ccc(Nc3ccc4nnnn4n3)cc2F)C[C@@H](C)O1. The van der Waals surface area contributed by atoms with Crippen molar-refractivity contribution in [3.05, 3.63) is 36.1 Å². The predicted molar refractivity (Wildman–Crippen MR) is 90.5 cm³/mol. The van der Waals surface area contributed by atoms with Gasteiger partial charge in [0.2, 0.25) is 0 Å². The maximum atomic E-state index is 14.6. The van der Waals surface area contributed by atoms with Crippen molar-refractivity contribution in [3.8, 4) is 0 Å². The second-order valence-corrected chi connectivity index (χ2v) is 6.20. The molecule has 8 nitrogen and oxygen atoms in total. The molecule has 130 valence electrons. The van der Waals surface area contributed by atoms with Gasteiger partial charge in [0.15, 0.2) is 11.5 Å². The molecule has 2 aromatic heterocycles. The summed E-state index contributed by atoms with van der Waals surface area (Å²) in [6, 6.07) is 8.54. The topological polar surface area (TPSA) is 80.5 Å². The number of hydrogen-bond donors (Lipinski definition) is 1. The van der Waals surface area contributed by atoms with Crippen LogP contribution in [0.1, 0.15) is 13.8 Å². The molecular weight excluding hydrogens is 325 g/mol. The molecule has 1 saturated heterocycles. The second-order valence-electron chi connectivity index (χ2n) is 6.20. The third kappa shape index (κ3) is 3.22. The fraction of sp³-hybridized carbons (Fsp3) is 0.375. The van der Waals surface area contributed by atoms with Crippen LogP contribution in [0, 0.1) is 5.82 Å². The molecule has 0 radical (unpaired) electrons. The molecule has 1 aromatic carbocycles. The van der Waals surface area contributed by atoms with Gasteiger partial charge in [0.25, 0.3) is 0 Å². The van der Waals surface area contributed by atoms with Crippen LogP contribution in [0.15, 0.2) is 30.3 Å². The van der Waals surface area contributed by atoms with Crippen LogP contribution < -0.4 is 10.2 Å². The van der Waals surface area contributed by atoms with E-state index in [0.29, 0.717) is 35.9 Å². The van der Waals surface area contributed by atoms with Gasteiger partial charge in [0.05, 0.1) is 17.9 Å². The number of anilines is 3. The van der Waals surface area contributed by atoms with E-state index in [1.165, 1.54) is 10.7 Å². The lowest BCUT2D eigenvalue weighted by molar-refractivity contribution is -0.00539. The molecule has 3 heterocycles. The van der Waals surface area contributed by atoms with Crippen LogP contribution >= 0.6 is 0 Å². The summed E-state index contributed by atoms with van der Waals surface area (Å²) in [6.45, 7) is 5.34. The van der Waals surface area contributed by atoms with Crippen molar-refractivity contribution in [1.82, 2.24) is 25.3 Å². The zero-order valence-corrected chi connectivity index (χ0v) is 13.9. The molecule has 1 aliphatic heterocycles. The van der Waals surface area contributed by atoms with Gasteiger partial charge in [0.1, 0.15) is 5.82 Å². The quantitative estimate of drug-likeness (QED) is 0.779. The van der Waals surface area contributed by atoms with Crippen molar-refractivity contribution in [1.29, 1.82) is 0 Å². The number of benzene rings is 1. The molecule has 2 atom stereocenters. The Bertz CT molecular complexity index is 889. The molecule has 25 heavy (non-hydrogen) atoms. The number of nitrogens with zero attached hydrogens (tertiary/aromatic N) is 6. The van der Waals surface area contributed by atoms with Crippen LogP contribution in [-0.2, 0) is 4.74 Å². The van der Waals surface area contributed by atoms with E-state index in [1.54, 1.807) is 18.2 Å². The van der Waals surface area contributed by atoms with Crippen molar-refractivity contribution in [3.63, 3.8) is 0 Å². The highest BCUT2D eigenvalue weighted by Crippen LogP contribution is 2.27. The van der Waals surface area contributed by atoms with Gasteiger partial charge in [-0.05, 0) is 54.6 Å². The first-order valence-electron chi connectivity index (χ1n) is 8.11. The number of tetrazole rings is 1. The molecule has 4 rings (SSSR count). The smallest absolute Gasteiger partial charge is 0.200 e. The van der Waals surface area contributed by atoms with Crippen LogP contribution in [0.4, 0.5) is 21.6 Å². The lowest BCUT2D eigenvalue weighted by atomic mass is 10.2. The highest BCUT2D eigenvalue weighted by molar-refractivity contribution is 5.62. The highest BCUT2D eigenvalue weighted by atomic mass is 19.1. The number of nitrogens with one attached hydrogen (secondary N) is 1. The summed E-state index contributed by atoms with van der Waals surface area (Å²) in [7, 11) is 0. The largest absolute Gasteiger partial charge is 0.372 e. The van der Waals surface area contributed by atoms with Gasteiger partial charge in [-0.2, -0.15) is 0 Å². The number of fused-ring (bicyclic) bond motifs is 1. The fourth-order valence-electron chi connectivity index (χ4n) is 3.08. The molecular formula is C16H18FN7O. The summed E-state index contributed by atoms with van der Waals surface area (Å²) in [5, 5.41) is 18.3. The number of hydrogen-bond acceptors (Lipinski definition) is 7. The molecule has 1 aliphatic rings. The minimum absolute atomic E-state index is 0.0770. The Morgan fingerprint density at radius 2 is 1.96 bits per heavy atom. The van der Waals surface area contributed by atoms with E-state index in [4.69, 9.17) is 4.74 Å². The zero-order valence-electron chi connectivity index (χ0n) is 13.9. The Morgan fingerprint density at radius 3 is 2.72 bits per heavy atom. The third-order valence-corrected chi connectivity index (χ3v) is 4.05. The van der Waals surface area contributed by atoms with Crippen molar-refractivity contribution < 1.29 is 9.13 Å². The average Bonchev–Trinajstić information content (AvgIpc) is 3.01. The molecule has 0 spiro atoms. The van der Waals surface area contributed by atoms with Crippen LogP contribution in [0.3, 0.4) is 0 Å². The highest BCUT2D eigenvalue weighted by Gasteiger charge is 2.24. The molecule has 0 aliphatic carbocycles. The van der Waals surface area contributed by atoms with Crippen molar-refractivity contribution >= 4 is 22.8 Å². The summed E-state index contributed by atoms with van der Waals surface area (Å²) < 4.78 is 21.6. The van der Waals surface area contributed by atoms with E-state index in [9.17, 15) is 4.39 Å². The Kier molecular flexibility index (Phi) is 3.92. The molecule has 0 unspecified atom stereocenters. The van der Waals surface area contributed by atoms with Gasteiger partial charge in [-0.25, -0.2) is 4.39 Å². The minimum Gasteiger partial charge on any atom is -0.372 e. The van der Waals surface area contributed by atoms with Gasteiger partial charge in [-0.15, -0.1) is 14.8 Å². The predicted octanol–water partition coefficient (Wildman–Crippen LogP) is 2.02. The van der Waals surface area contributed by atoms with Crippen LogP contribution in [0.5, 0.6) is 0 Å². The summed E-state index contributed by atoms with van der Waals surface area (Å²) in [5.41, 5.74) is 1.73. The van der Waals surface area contributed by atoms with Crippen molar-refractivity contribution in [2.75, 3.05) is 23.3 Å². The molecule has 1 N–H and O–H groups in total. The van der Waals surface area contributed by atoms with E-state index in [1.807, 2.05) is 24.8 Å². The maximum Gasteiger partial charge on any atom is 0.200 e. The van der Waals surface area contributed by atoms with Crippen LogP contribution in [0.25, 0.3) is 5.65 Å². The molecule has 3 aromatic rings. The average molecular weight is 343 g/mol. The summed E-state index contributed by atoms with van der Waals surface area (Å²) in [5.74, 6) is 0.246. The van der Waals surface area contributed by atoms with Gasteiger partial charge >= 0.3 is 0 Å². The Labute approximate surface area is 143 Å². The number of morpholine rings is 1. The lowest BCUT2D eigenvalue weighted by Crippen LogP contribution is -2.45. The van der Waals surface area contributed by atoms with Crippen molar-refractivity contribution in [2.45, 2.75) is 26.1 Å². The van der Waals surface area contributed by atoms with Crippen molar-refractivity contribution in [2.24, 2.45) is 0 Å². The number of ether oxygens (including phenoxy) is 1. The van der Waals surface area contributed by atoms with Crippen LogP contribution in [-0.4, -0.2) is 50.6 Å². The van der Waals surface area contributed by atoms with E-state index < -0.39 is 0 Å². The number of rotatable bonds is 3. The number of aromatic nitrogens is 5. The summed E-state index contributed by atoms with van der Waals surface area (Å²) in [4.78, 5) is 2.02. The van der Waals surface area contributed by atoms with E-state index >= 15 is 0 Å². The first-order chi connectivity index (χ1) is 12.1. The van der Waals surface area contributed by atoms with Gasteiger partial charge < -0.3 is 15.0 Å². The lowest BCUT2D eigenvalue weighted by Gasteiger charge is -2.37. The van der Waals surface area contributed by atoms with E-state index in [0.717, 1.165) is 0 Å². The molecule has 9 heteroatoms. The third-order valence-electron chi connectivity index (χ3n) is 4.05. The standard InChI is InChI=1S/C16H18FN7O/c1-10-8-23(9-11(2)25-10)14-4-3-12(7-13(14)17)18-15-5-6-16-19-21-22-24(16)20-15/h3-7,10-11H,8-9H2,1-2H3,(H,18,20)/t10-,11-/m1/s1. The van der Waals surface area contributed by atoms with E-state index in [-0.39, 0.29) is 18.0 Å². The molecule has 0 amide bonds. The molecule has 1 fully saturated rings. The van der Waals surface area contributed by atoms with Gasteiger partial charge in [0, 0.05) is 18.8 Å². The monoisotopic (exact) mass is 343 g/mol. The Hall–Kier alpha value is -2.81. The zero-order chi connectivity index (χ0) is 17.4. The summed E-state index contributed by atoms with van der Waals surface area (Å²) >= 11 is 0. The van der Waals surface area contributed by atoms with Gasteiger partial charge in [-0.1, -0.05) is 0 Å². The molecule has 0 saturated carbocycles. The number of halogens is 1. The first kappa shape index (κ1) is 15.7. The Morgan fingerprint density at radius 1 is 1.16 bits per heavy atom. The fourth-order valence-corrected chi connectivity index (χ4v) is 3.08. The Balaban J connectivity index is 1.54. The maximum absolute atomic E-state index is 14.6. The minimum atomic E-state index is -0.283. The second kappa shape index (κ2) is 6.25.